The molecule has 0 aromatic carbocycles. The average molecular weight is 333 g/mol. The Kier molecular flexibility index (Phi) is 4.61. The molecule has 0 saturated heterocycles. The summed E-state index contributed by atoms with van der Waals surface area (Å²) in [6.07, 6.45) is 6.00. The Balaban J connectivity index is 1.57. The zero-order valence-corrected chi connectivity index (χ0v) is 13.6. The van der Waals surface area contributed by atoms with E-state index in [0.717, 1.165) is 36.8 Å². The maximum absolute atomic E-state index is 11.9. The quantitative estimate of drug-likeness (QED) is 0.360. The summed E-state index contributed by atoms with van der Waals surface area (Å²) in [4.78, 5) is 28.8. The molecule has 0 amide bonds. The van der Waals surface area contributed by atoms with Crippen LogP contribution in [-0.2, 0) is 14.3 Å². The van der Waals surface area contributed by atoms with Crippen molar-refractivity contribution in [1.29, 1.82) is 0 Å². The van der Waals surface area contributed by atoms with Gasteiger partial charge in [0.05, 0.1) is 0 Å². The molecule has 1 heterocycles. The fourth-order valence-corrected chi connectivity index (χ4v) is 3.82. The van der Waals surface area contributed by atoms with E-state index in [9.17, 15) is 9.59 Å². The lowest BCUT2D eigenvalue weighted by Crippen LogP contribution is -2.37. The Morgan fingerprint density at radius 3 is 2.48 bits per heavy atom. The molecule has 2 aliphatic carbocycles. The van der Waals surface area contributed by atoms with Crippen molar-refractivity contribution in [2.24, 2.45) is 11.8 Å². The molecule has 6 heteroatoms. The Morgan fingerprint density at radius 1 is 1.13 bits per heavy atom. The number of pyridine rings is 1. The van der Waals surface area contributed by atoms with E-state index in [0.29, 0.717) is 16.5 Å². The first kappa shape index (κ1) is 15.9. The maximum atomic E-state index is 11.9. The summed E-state index contributed by atoms with van der Waals surface area (Å²) in [5.74, 6) is -0.995. The number of rotatable bonds is 2. The normalized spacial score (nSPS) is 26.4. The van der Waals surface area contributed by atoms with E-state index in [1.54, 1.807) is 18.2 Å². The van der Waals surface area contributed by atoms with Crippen molar-refractivity contribution in [1.82, 2.24) is 4.73 Å². The minimum Gasteiger partial charge on any atom is -0.454 e. The molecule has 1 aromatic rings. The molecular weight excluding hydrogens is 314 g/mol. The molecule has 2 fully saturated rings. The summed E-state index contributed by atoms with van der Waals surface area (Å²) >= 11 is 5.01. The molecule has 0 radical (unpaired) electrons. The van der Waals surface area contributed by atoms with Crippen LogP contribution in [0.15, 0.2) is 36.5 Å². The highest BCUT2D eigenvalue weighted by atomic mass is 32.1. The topological polar surface area (TPSA) is 57.5 Å². The van der Waals surface area contributed by atoms with Gasteiger partial charge in [0.15, 0.2) is 0 Å². The van der Waals surface area contributed by atoms with Gasteiger partial charge in [-0.05, 0) is 56.1 Å². The Morgan fingerprint density at radius 2 is 1.83 bits per heavy atom. The van der Waals surface area contributed by atoms with Crippen molar-refractivity contribution in [3.05, 3.63) is 41.2 Å². The van der Waals surface area contributed by atoms with Crippen LogP contribution in [-0.4, -0.2) is 22.8 Å². The molecular formula is C17H19NO4S. The predicted molar refractivity (Wildman–Crippen MR) is 85.9 cm³/mol. The van der Waals surface area contributed by atoms with E-state index in [4.69, 9.17) is 21.8 Å². The van der Waals surface area contributed by atoms with Gasteiger partial charge in [-0.15, -0.1) is 0 Å². The molecule has 1 aromatic heterocycles. The van der Waals surface area contributed by atoms with Crippen molar-refractivity contribution in [3.8, 4) is 0 Å². The van der Waals surface area contributed by atoms with Crippen LogP contribution in [0.25, 0.3) is 0 Å². The van der Waals surface area contributed by atoms with Crippen LogP contribution in [0.5, 0.6) is 0 Å². The molecule has 0 N–H and O–H groups in total. The van der Waals surface area contributed by atoms with Gasteiger partial charge in [0, 0.05) is 6.20 Å². The lowest BCUT2D eigenvalue weighted by molar-refractivity contribution is -0.173. The van der Waals surface area contributed by atoms with Crippen molar-refractivity contribution in [2.45, 2.75) is 38.2 Å². The van der Waals surface area contributed by atoms with Crippen molar-refractivity contribution < 1.29 is 19.2 Å². The average Bonchev–Trinajstić information content (AvgIpc) is 2.48. The lowest BCUT2D eigenvalue weighted by Gasteiger charge is -2.39. The number of carbonyl (C=O) groups excluding carboxylic acids is 2. The Hall–Kier alpha value is -1.95. The third kappa shape index (κ3) is 3.88. The van der Waals surface area contributed by atoms with E-state index >= 15 is 0 Å². The molecule has 0 spiro atoms. The molecule has 23 heavy (non-hydrogen) atoms. The summed E-state index contributed by atoms with van der Waals surface area (Å²) in [6.45, 7) is 4.07. The van der Waals surface area contributed by atoms with Gasteiger partial charge >= 0.3 is 11.9 Å². The van der Waals surface area contributed by atoms with E-state index in [-0.39, 0.29) is 6.10 Å². The number of nitrogens with zero attached hydrogens (tertiary/aromatic N) is 1. The van der Waals surface area contributed by atoms with Crippen molar-refractivity contribution >= 4 is 24.2 Å². The Bertz CT molecular complexity index is 680. The minimum atomic E-state index is -1.05. The zero-order valence-electron chi connectivity index (χ0n) is 12.8. The fourth-order valence-electron chi connectivity index (χ4n) is 3.65. The first-order chi connectivity index (χ1) is 11.0. The summed E-state index contributed by atoms with van der Waals surface area (Å²) in [6, 6.07) is 4.98. The van der Waals surface area contributed by atoms with Gasteiger partial charge in [-0.2, -0.15) is 4.73 Å². The molecule has 2 bridgehead atoms. The molecule has 5 nitrogen and oxygen atoms in total. The van der Waals surface area contributed by atoms with Crippen LogP contribution >= 0.6 is 12.2 Å². The fraction of sp³-hybridized carbons (Fsp3) is 0.471. The second-order valence-corrected chi connectivity index (χ2v) is 6.79. The number of fused-ring (bicyclic) bond motifs is 2. The second kappa shape index (κ2) is 6.66. The predicted octanol–water partition coefficient (Wildman–Crippen LogP) is 2.85. The minimum absolute atomic E-state index is 0.212. The van der Waals surface area contributed by atoms with Crippen LogP contribution in [0.4, 0.5) is 0 Å². The largest absolute Gasteiger partial charge is 0.454 e. The second-order valence-electron chi connectivity index (χ2n) is 6.37. The van der Waals surface area contributed by atoms with Gasteiger partial charge in [0.2, 0.25) is 0 Å². The van der Waals surface area contributed by atoms with Crippen molar-refractivity contribution in [2.75, 3.05) is 0 Å². The number of hydrogen-bond donors (Lipinski definition) is 0. The number of allylic oxidation sites excluding steroid dienone is 1. The highest BCUT2D eigenvalue weighted by Gasteiger charge is 2.36. The number of aromatic nitrogens is 1. The zero-order chi connectivity index (χ0) is 16.4. The molecule has 0 aliphatic heterocycles. The van der Waals surface area contributed by atoms with Gasteiger partial charge < -0.3 is 9.57 Å². The number of hydrogen-bond acceptors (Lipinski definition) is 5. The summed E-state index contributed by atoms with van der Waals surface area (Å²) in [5.41, 5.74) is 1.29. The highest BCUT2D eigenvalue weighted by Crippen LogP contribution is 2.42. The molecule has 122 valence electrons. The lowest BCUT2D eigenvalue weighted by atomic mass is 9.69. The standard InChI is InChI=1S/C17H19NO4S/c1-11-6-12-8-13(7-11)10-14(9-12)21-16(19)17(20)22-18-5-3-2-4-15(18)23/h2-5,12-14H,1,6-10H2/t12-,13+,14?. The van der Waals surface area contributed by atoms with E-state index in [2.05, 4.69) is 6.58 Å². The van der Waals surface area contributed by atoms with Crippen LogP contribution < -0.4 is 4.84 Å². The first-order valence-corrected chi connectivity index (χ1v) is 8.19. The monoisotopic (exact) mass is 333 g/mol. The van der Waals surface area contributed by atoms with E-state index in [1.807, 2.05) is 0 Å². The van der Waals surface area contributed by atoms with Gasteiger partial charge in [0.25, 0.3) is 0 Å². The number of ether oxygens (including phenoxy) is 1. The number of esters is 1. The van der Waals surface area contributed by atoms with E-state index in [1.165, 1.54) is 11.8 Å². The summed E-state index contributed by atoms with van der Waals surface area (Å²) in [7, 11) is 0. The number of carbonyl (C=O) groups is 2. The highest BCUT2D eigenvalue weighted by molar-refractivity contribution is 7.71. The van der Waals surface area contributed by atoms with Gasteiger partial charge in [0.1, 0.15) is 10.7 Å². The maximum Gasteiger partial charge on any atom is 0.442 e. The third-order valence-corrected chi connectivity index (χ3v) is 4.74. The van der Waals surface area contributed by atoms with Crippen LogP contribution in [0, 0.1) is 16.5 Å². The van der Waals surface area contributed by atoms with Gasteiger partial charge in [-0.3, -0.25) is 0 Å². The van der Waals surface area contributed by atoms with Crippen LogP contribution in [0.2, 0.25) is 0 Å². The molecule has 1 unspecified atom stereocenters. The summed E-state index contributed by atoms with van der Waals surface area (Å²) < 4.78 is 6.73. The molecule has 3 rings (SSSR count). The SMILES string of the molecule is C=C1C[C@@H]2CC(OC(=O)C(=O)On3ccccc3=S)C[C@H](C1)C2. The summed E-state index contributed by atoms with van der Waals surface area (Å²) in [5, 5.41) is 0. The molecule has 2 aliphatic rings. The first-order valence-electron chi connectivity index (χ1n) is 7.79. The smallest absolute Gasteiger partial charge is 0.442 e. The molecule has 3 atom stereocenters. The van der Waals surface area contributed by atoms with E-state index < -0.39 is 11.9 Å². The van der Waals surface area contributed by atoms with Gasteiger partial charge in [-0.25, -0.2) is 9.59 Å². The van der Waals surface area contributed by atoms with Crippen LogP contribution in [0.1, 0.15) is 32.1 Å². The molecule has 2 saturated carbocycles. The third-order valence-electron chi connectivity index (χ3n) is 4.42. The van der Waals surface area contributed by atoms with Crippen LogP contribution in [0.3, 0.4) is 0 Å². The van der Waals surface area contributed by atoms with Crippen molar-refractivity contribution in [3.63, 3.8) is 0 Å². The Labute approximate surface area is 139 Å². The van der Waals surface area contributed by atoms with Gasteiger partial charge in [-0.1, -0.05) is 30.4 Å².